The van der Waals surface area contributed by atoms with E-state index in [0.717, 1.165) is 30.9 Å². The van der Waals surface area contributed by atoms with Crippen LogP contribution in [0.5, 0.6) is 11.5 Å². The fourth-order valence-corrected chi connectivity index (χ4v) is 3.09. The van der Waals surface area contributed by atoms with Crippen LogP contribution in [-0.2, 0) is 6.42 Å². The Kier molecular flexibility index (Phi) is 3.37. The molecule has 0 saturated carbocycles. The number of nitrogens with one attached hydrogen (secondary N) is 1. The van der Waals surface area contributed by atoms with Gasteiger partial charge in [0.25, 0.3) is 0 Å². The van der Waals surface area contributed by atoms with E-state index in [0.29, 0.717) is 6.79 Å². The molecule has 0 spiro atoms. The molecule has 1 N–H and O–H groups in total. The lowest BCUT2D eigenvalue weighted by molar-refractivity contribution is 0.174. The van der Waals surface area contributed by atoms with Crippen molar-refractivity contribution < 1.29 is 9.47 Å². The number of likely N-dealkylation sites (tertiary alicyclic amines) is 1. The average molecular weight is 262 g/mol. The van der Waals surface area contributed by atoms with Crippen molar-refractivity contribution in [2.75, 3.05) is 34.0 Å². The van der Waals surface area contributed by atoms with Gasteiger partial charge >= 0.3 is 0 Å². The van der Waals surface area contributed by atoms with E-state index in [9.17, 15) is 0 Å². The first-order valence-corrected chi connectivity index (χ1v) is 6.97. The van der Waals surface area contributed by atoms with Crippen molar-refractivity contribution in [2.24, 2.45) is 0 Å². The molecule has 3 rings (SSSR count). The van der Waals surface area contributed by atoms with Crippen LogP contribution in [-0.4, -0.2) is 44.4 Å². The third-order valence-corrected chi connectivity index (χ3v) is 4.40. The summed E-state index contributed by atoms with van der Waals surface area (Å²) in [6, 6.07) is 6.28. The number of aryl methyl sites for hydroxylation is 1. The molecular formula is C15H22N2O2. The monoisotopic (exact) mass is 262 g/mol. The van der Waals surface area contributed by atoms with Crippen LogP contribution in [0.15, 0.2) is 18.2 Å². The van der Waals surface area contributed by atoms with Gasteiger partial charge in [-0.25, -0.2) is 0 Å². The number of likely N-dealkylation sites (N-methyl/N-ethyl adjacent to an activating group) is 2. The fourth-order valence-electron chi connectivity index (χ4n) is 3.09. The van der Waals surface area contributed by atoms with Crippen molar-refractivity contribution in [3.63, 3.8) is 0 Å². The number of rotatable bonds is 4. The molecule has 4 nitrogen and oxygen atoms in total. The summed E-state index contributed by atoms with van der Waals surface area (Å²) in [6.45, 7) is 2.67. The Hall–Kier alpha value is -1.26. The van der Waals surface area contributed by atoms with Crippen LogP contribution in [0.2, 0.25) is 0 Å². The maximum absolute atomic E-state index is 5.43. The quantitative estimate of drug-likeness (QED) is 0.894. The molecule has 4 heteroatoms. The third kappa shape index (κ3) is 2.55. The van der Waals surface area contributed by atoms with Gasteiger partial charge in [0.15, 0.2) is 11.5 Å². The van der Waals surface area contributed by atoms with Crippen LogP contribution in [0.3, 0.4) is 0 Å². The van der Waals surface area contributed by atoms with Crippen LogP contribution >= 0.6 is 0 Å². The summed E-state index contributed by atoms with van der Waals surface area (Å²) in [4.78, 5) is 2.40. The van der Waals surface area contributed by atoms with Crippen molar-refractivity contribution in [3.8, 4) is 11.5 Å². The zero-order valence-electron chi connectivity index (χ0n) is 11.7. The molecule has 0 bridgehead atoms. The highest BCUT2D eigenvalue weighted by molar-refractivity contribution is 5.44. The number of nitrogens with zero attached hydrogens (tertiary/aromatic N) is 1. The molecule has 1 atom stereocenters. The van der Waals surface area contributed by atoms with E-state index in [1.165, 1.54) is 18.5 Å². The Labute approximate surface area is 114 Å². The lowest BCUT2D eigenvalue weighted by Crippen LogP contribution is -2.45. The average Bonchev–Trinajstić information content (AvgIpc) is 3.03. The molecule has 2 heterocycles. The first-order valence-electron chi connectivity index (χ1n) is 6.97. The standard InChI is InChI=1S/C15H22N2O2/c1-16-15(7-8-17(2)10-15)6-5-12-3-4-13-14(9-12)19-11-18-13/h3-4,9,16H,5-8,10-11H2,1-2H3. The number of ether oxygens (including phenoxy) is 2. The molecule has 0 radical (unpaired) electrons. The predicted molar refractivity (Wildman–Crippen MR) is 74.8 cm³/mol. The first-order chi connectivity index (χ1) is 9.21. The Morgan fingerprint density at radius 2 is 2.16 bits per heavy atom. The third-order valence-electron chi connectivity index (χ3n) is 4.40. The summed E-state index contributed by atoms with van der Waals surface area (Å²) >= 11 is 0. The zero-order valence-corrected chi connectivity index (χ0v) is 11.7. The van der Waals surface area contributed by atoms with Gasteiger partial charge in [0.1, 0.15) is 0 Å². The zero-order chi connectivity index (χ0) is 13.3. The lowest BCUT2D eigenvalue weighted by Gasteiger charge is -2.28. The van der Waals surface area contributed by atoms with E-state index in [1.807, 2.05) is 6.07 Å². The van der Waals surface area contributed by atoms with Crippen LogP contribution in [0.4, 0.5) is 0 Å². The van der Waals surface area contributed by atoms with Crippen molar-refractivity contribution >= 4 is 0 Å². The highest BCUT2D eigenvalue weighted by Gasteiger charge is 2.34. The Morgan fingerprint density at radius 3 is 2.89 bits per heavy atom. The molecular weight excluding hydrogens is 240 g/mol. The van der Waals surface area contributed by atoms with Gasteiger partial charge in [-0.3, -0.25) is 0 Å². The number of hydrogen-bond donors (Lipinski definition) is 1. The van der Waals surface area contributed by atoms with E-state index < -0.39 is 0 Å². The van der Waals surface area contributed by atoms with Gasteiger partial charge in [-0.1, -0.05) is 6.07 Å². The van der Waals surface area contributed by atoms with Crippen LogP contribution in [0, 0.1) is 0 Å². The molecule has 104 valence electrons. The minimum absolute atomic E-state index is 0.269. The van der Waals surface area contributed by atoms with Gasteiger partial charge in [-0.15, -0.1) is 0 Å². The first kappa shape index (κ1) is 12.8. The SMILES string of the molecule is CNC1(CCc2ccc3c(c2)OCO3)CCN(C)C1. The van der Waals surface area contributed by atoms with Gasteiger partial charge < -0.3 is 19.7 Å². The van der Waals surface area contributed by atoms with Crippen molar-refractivity contribution in [3.05, 3.63) is 23.8 Å². The van der Waals surface area contributed by atoms with Crippen LogP contribution in [0.1, 0.15) is 18.4 Å². The lowest BCUT2D eigenvalue weighted by atomic mass is 9.90. The van der Waals surface area contributed by atoms with Crippen molar-refractivity contribution in [1.29, 1.82) is 0 Å². The van der Waals surface area contributed by atoms with E-state index >= 15 is 0 Å². The second-order valence-corrected chi connectivity index (χ2v) is 5.71. The highest BCUT2D eigenvalue weighted by atomic mass is 16.7. The Balaban J connectivity index is 1.65. The van der Waals surface area contributed by atoms with E-state index in [-0.39, 0.29) is 5.54 Å². The largest absolute Gasteiger partial charge is 0.454 e. The smallest absolute Gasteiger partial charge is 0.231 e. The van der Waals surface area contributed by atoms with Gasteiger partial charge in [0.2, 0.25) is 6.79 Å². The predicted octanol–water partition coefficient (Wildman–Crippen LogP) is 1.64. The van der Waals surface area contributed by atoms with Gasteiger partial charge in [0.05, 0.1) is 0 Å². The van der Waals surface area contributed by atoms with Gasteiger partial charge in [-0.2, -0.15) is 0 Å². The fraction of sp³-hybridized carbons (Fsp3) is 0.600. The molecule has 1 aromatic rings. The molecule has 2 aliphatic rings. The second-order valence-electron chi connectivity index (χ2n) is 5.71. The minimum Gasteiger partial charge on any atom is -0.454 e. The molecule has 19 heavy (non-hydrogen) atoms. The minimum atomic E-state index is 0.269. The topological polar surface area (TPSA) is 33.7 Å². The maximum atomic E-state index is 5.43. The molecule has 0 aliphatic carbocycles. The molecule has 0 aromatic heterocycles. The van der Waals surface area contributed by atoms with E-state index in [4.69, 9.17) is 9.47 Å². The summed E-state index contributed by atoms with van der Waals surface area (Å²) in [6.07, 6.45) is 3.46. The summed E-state index contributed by atoms with van der Waals surface area (Å²) in [5.74, 6) is 1.76. The summed E-state index contributed by atoms with van der Waals surface area (Å²) < 4.78 is 10.8. The van der Waals surface area contributed by atoms with Crippen molar-refractivity contribution in [1.82, 2.24) is 10.2 Å². The summed E-state index contributed by atoms with van der Waals surface area (Å²) in [5.41, 5.74) is 1.60. The van der Waals surface area contributed by atoms with E-state index in [2.05, 4.69) is 36.4 Å². The normalized spacial score (nSPS) is 26.0. The molecule has 1 saturated heterocycles. The van der Waals surface area contributed by atoms with Gasteiger partial charge in [-0.05, 0) is 57.6 Å². The molecule has 1 aromatic carbocycles. The highest BCUT2D eigenvalue weighted by Crippen LogP contribution is 2.33. The van der Waals surface area contributed by atoms with Crippen LogP contribution < -0.4 is 14.8 Å². The maximum Gasteiger partial charge on any atom is 0.231 e. The second kappa shape index (κ2) is 5.02. The molecule has 0 amide bonds. The molecule has 1 unspecified atom stereocenters. The molecule has 1 fully saturated rings. The van der Waals surface area contributed by atoms with Crippen molar-refractivity contribution in [2.45, 2.75) is 24.8 Å². The van der Waals surface area contributed by atoms with E-state index in [1.54, 1.807) is 0 Å². The van der Waals surface area contributed by atoms with Crippen LogP contribution in [0.25, 0.3) is 0 Å². The summed E-state index contributed by atoms with van der Waals surface area (Å²) in [7, 11) is 4.28. The van der Waals surface area contributed by atoms with Gasteiger partial charge in [0, 0.05) is 12.1 Å². The Bertz CT molecular complexity index is 463. The molecule has 2 aliphatic heterocycles. The number of hydrogen-bond acceptors (Lipinski definition) is 4. The number of fused-ring (bicyclic) bond motifs is 1. The Morgan fingerprint density at radius 1 is 1.32 bits per heavy atom. The number of benzene rings is 1. The summed E-state index contributed by atoms with van der Waals surface area (Å²) in [5, 5.41) is 3.53.